The minimum absolute atomic E-state index is 0.113. The number of hydrazine groups is 1. The number of nitrogens with two attached hydrogens (primary N) is 1. The highest BCUT2D eigenvalue weighted by Crippen LogP contribution is 2.21. The summed E-state index contributed by atoms with van der Waals surface area (Å²) in [6.45, 7) is 2.02. The zero-order valence-corrected chi connectivity index (χ0v) is 10.4. The van der Waals surface area contributed by atoms with Gasteiger partial charge in [0.15, 0.2) is 0 Å². The van der Waals surface area contributed by atoms with Crippen molar-refractivity contribution in [3.05, 3.63) is 35.4 Å². The Morgan fingerprint density at radius 2 is 2.28 bits per heavy atom. The van der Waals surface area contributed by atoms with E-state index in [2.05, 4.69) is 10.5 Å². The lowest BCUT2D eigenvalue weighted by molar-refractivity contribution is 0.0677. The molecule has 0 aliphatic carbocycles. The maximum atomic E-state index is 11.3. The lowest BCUT2D eigenvalue weighted by Crippen LogP contribution is -2.33. The number of hydrogen-bond donors (Lipinski definition) is 3. The van der Waals surface area contributed by atoms with Crippen molar-refractivity contribution >= 4 is 6.09 Å². The van der Waals surface area contributed by atoms with Gasteiger partial charge < -0.3 is 10.1 Å². The number of ether oxygens (including phenoxy) is 1. The van der Waals surface area contributed by atoms with Crippen molar-refractivity contribution in [2.75, 3.05) is 13.6 Å². The molecule has 7 nitrogen and oxygen atoms in total. The Morgan fingerprint density at radius 3 is 2.83 bits per heavy atom. The van der Waals surface area contributed by atoms with Crippen molar-refractivity contribution in [3.8, 4) is 0 Å². The van der Waals surface area contributed by atoms with Gasteiger partial charge in [-0.3, -0.25) is 0 Å². The molecule has 0 fully saturated rings. The number of benzene rings is 1. The van der Waals surface area contributed by atoms with Crippen LogP contribution in [0.5, 0.6) is 0 Å². The Labute approximate surface area is 105 Å². The summed E-state index contributed by atoms with van der Waals surface area (Å²) in [7, 11) is 1.48. The van der Waals surface area contributed by atoms with Crippen LogP contribution in [0.2, 0.25) is 0 Å². The maximum absolute atomic E-state index is 11.3. The van der Waals surface area contributed by atoms with Crippen LogP contribution < -0.4 is 11.2 Å². The highest BCUT2D eigenvalue weighted by molar-refractivity contribution is 5.67. The standard InChI is InChI=1S/C11H17N5O2/c1-8-5-3-4-6-9(8)10(7-16(13)15-12)18-11(17)14-2/h3-6,10,12H,7,13H2,1-2H3,(H,14,17). The van der Waals surface area contributed by atoms with Crippen LogP contribution >= 0.6 is 0 Å². The van der Waals surface area contributed by atoms with Gasteiger partial charge in [-0.1, -0.05) is 29.5 Å². The lowest BCUT2D eigenvalue weighted by Gasteiger charge is -2.22. The Bertz CT molecular complexity index is 424. The molecule has 1 aromatic carbocycles. The van der Waals surface area contributed by atoms with Crippen molar-refractivity contribution in [3.63, 3.8) is 0 Å². The predicted octanol–water partition coefficient (Wildman–Crippen LogP) is 1.51. The largest absolute Gasteiger partial charge is 0.439 e. The van der Waals surface area contributed by atoms with Gasteiger partial charge in [0, 0.05) is 7.05 Å². The molecule has 1 aromatic rings. The number of amides is 1. The van der Waals surface area contributed by atoms with E-state index in [1.165, 1.54) is 7.05 Å². The maximum Gasteiger partial charge on any atom is 0.407 e. The summed E-state index contributed by atoms with van der Waals surface area (Å²) < 4.78 is 5.22. The average molecular weight is 251 g/mol. The van der Waals surface area contributed by atoms with Crippen LogP contribution in [0.4, 0.5) is 4.79 Å². The molecule has 1 amide bonds. The van der Waals surface area contributed by atoms with Crippen LogP contribution in [0.3, 0.4) is 0 Å². The van der Waals surface area contributed by atoms with Crippen LogP contribution in [-0.2, 0) is 4.74 Å². The summed E-state index contributed by atoms with van der Waals surface area (Å²) in [5, 5.41) is 6.36. The van der Waals surface area contributed by atoms with Crippen LogP contribution in [0, 0.1) is 12.5 Å². The summed E-state index contributed by atoms with van der Waals surface area (Å²) >= 11 is 0. The molecule has 0 radical (unpaired) electrons. The van der Waals surface area contributed by atoms with E-state index in [-0.39, 0.29) is 6.54 Å². The number of nitrogens with zero attached hydrogens (tertiary/aromatic N) is 2. The minimum atomic E-state index is -0.578. The number of rotatable bonds is 5. The van der Waals surface area contributed by atoms with Crippen molar-refractivity contribution in [1.29, 1.82) is 5.53 Å². The zero-order valence-electron chi connectivity index (χ0n) is 10.4. The van der Waals surface area contributed by atoms with Crippen molar-refractivity contribution in [2.45, 2.75) is 13.0 Å². The second-order valence-corrected chi connectivity index (χ2v) is 3.72. The molecule has 0 aliphatic rings. The first-order valence-corrected chi connectivity index (χ1v) is 5.42. The number of hydrogen-bond acceptors (Lipinski definition) is 5. The van der Waals surface area contributed by atoms with Crippen LogP contribution in [0.1, 0.15) is 17.2 Å². The molecule has 1 rings (SSSR count). The van der Waals surface area contributed by atoms with Gasteiger partial charge in [0.25, 0.3) is 0 Å². The molecule has 4 N–H and O–H groups in total. The number of nitrogens with one attached hydrogen (secondary N) is 2. The molecular formula is C11H17N5O2. The molecule has 18 heavy (non-hydrogen) atoms. The Morgan fingerprint density at radius 1 is 1.61 bits per heavy atom. The van der Waals surface area contributed by atoms with Crippen LogP contribution in [0.15, 0.2) is 29.5 Å². The van der Waals surface area contributed by atoms with Crippen molar-refractivity contribution in [2.24, 2.45) is 11.1 Å². The fraction of sp³-hybridized carbons (Fsp3) is 0.364. The molecule has 0 aromatic heterocycles. The molecule has 0 bridgehead atoms. The van der Waals surface area contributed by atoms with E-state index in [4.69, 9.17) is 16.1 Å². The number of carbonyl (C=O) groups is 1. The molecule has 98 valence electrons. The SMILES string of the molecule is CNC(=O)OC(CN(N)N=N)c1ccccc1C. The number of aryl methyl sites for hydroxylation is 1. The van der Waals surface area contributed by atoms with Gasteiger partial charge in [-0.05, 0) is 18.1 Å². The smallest absolute Gasteiger partial charge is 0.407 e. The highest BCUT2D eigenvalue weighted by atomic mass is 16.6. The first-order valence-electron chi connectivity index (χ1n) is 5.42. The van der Waals surface area contributed by atoms with Crippen LogP contribution in [0.25, 0.3) is 0 Å². The molecule has 1 atom stereocenters. The van der Waals surface area contributed by atoms with E-state index in [1.807, 2.05) is 31.2 Å². The van der Waals surface area contributed by atoms with E-state index < -0.39 is 12.2 Å². The van der Waals surface area contributed by atoms with Crippen molar-refractivity contribution in [1.82, 2.24) is 10.4 Å². The topological polar surface area (TPSA) is 104 Å². The number of alkyl carbamates (subject to hydrolysis) is 1. The first kappa shape index (κ1) is 13.9. The fourth-order valence-electron chi connectivity index (χ4n) is 1.55. The monoisotopic (exact) mass is 251 g/mol. The Kier molecular flexibility index (Phi) is 5.06. The second kappa shape index (κ2) is 6.55. The fourth-order valence-corrected chi connectivity index (χ4v) is 1.55. The summed E-state index contributed by atoms with van der Waals surface area (Å²) in [6.07, 6.45) is -1.13. The third-order valence-corrected chi connectivity index (χ3v) is 2.47. The Hall–Kier alpha value is -2.15. The molecule has 0 saturated heterocycles. The average Bonchev–Trinajstić information content (AvgIpc) is 2.38. The third kappa shape index (κ3) is 3.70. The van der Waals surface area contributed by atoms with Gasteiger partial charge in [-0.2, -0.15) is 5.53 Å². The van der Waals surface area contributed by atoms with Crippen LogP contribution in [-0.4, -0.2) is 24.8 Å². The van der Waals surface area contributed by atoms with Crippen molar-refractivity contribution < 1.29 is 9.53 Å². The molecule has 0 spiro atoms. The lowest BCUT2D eigenvalue weighted by atomic mass is 10.0. The van der Waals surface area contributed by atoms with Gasteiger partial charge in [-0.15, -0.1) is 0 Å². The molecular weight excluding hydrogens is 234 g/mol. The molecule has 0 aliphatic heterocycles. The molecule has 0 saturated carbocycles. The predicted molar refractivity (Wildman–Crippen MR) is 65.5 cm³/mol. The quantitative estimate of drug-likeness (QED) is 0.419. The first-order chi connectivity index (χ1) is 8.58. The van der Waals surface area contributed by atoms with E-state index in [1.54, 1.807) is 0 Å². The van der Waals surface area contributed by atoms with E-state index in [0.717, 1.165) is 16.2 Å². The van der Waals surface area contributed by atoms with Gasteiger partial charge in [0.1, 0.15) is 6.10 Å². The highest BCUT2D eigenvalue weighted by Gasteiger charge is 2.20. The van der Waals surface area contributed by atoms with Gasteiger partial charge in [0.2, 0.25) is 0 Å². The third-order valence-electron chi connectivity index (χ3n) is 2.47. The Balaban J connectivity index is 2.92. The van der Waals surface area contributed by atoms with E-state index in [0.29, 0.717) is 0 Å². The minimum Gasteiger partial charge on any atom is -0.439 e. The van der Waals surface area contributed by atoms with E-state index in [9.17, 15) is 4.79 Å². The molecule has 7 heteroatoms. The van der Waals surface area contributed by atoms with E-state index >= 15 is 0 Å². The van der Waals surface area contributed by atoms with Gasteiger partial charge in [-0.25, -0.2) is 15.8 Å². The molecule has 0 heterocycles. The summed E-state index contributed by atoms with van der Waals surface area (Å²) in [6, 6.07) is 7.50. The summed E-state index contributed by atoms with van der Waals surface area (Å²) in [5.41, 5.74) is 8.63. The second-order valence-electron chi connectivity index (χ2n) is 3.72. The zero-order chi connectivity index (χ0) is 13.5. The molecule has 1 unspecified atom stereocenters. The number of carbonyl (C=O) groups excluding carboxylic acids is 1. The van der Waals surface area contributed by atoms with Gasteiger partial charge >= 0.3 is 6.09 Å². The summed E-state index contributed by atoms with van der Waals surface area (Å²) in [5.74, 6) is 5.45. The van der Waals surface area contributed by atoms with Gasteiger partial charge in [0.05, 0.1) is 6.54 Å². The normalized spacial score (nSPS) is 11.5. The summed E-state index contributed by atoms with van der Waals surface area (Å²) in [4.78, 5) is 11.3.